The smallest absolute Gasteiger partial charge is 0.126 e. The highest BCUT2D eigenvalue weighted by Gasteiger charge is 2.19. The third-order valence-corrected chi connectivity index (χ3v) is 3.70. The van der Waals surface area contributed by atoms with Gasteiger partial charge >= 0.3 is 0 Å². The van der Waals surface area contributed by atoms with Crippen LogP contribution >= 0.6 is 0 Å². The minimum Gasteiger partial charge on any atom is -0.493 e. The van der Waals surface area contributed by atoms with Crippen molar-refractivity contribution in [2.45, 2.75) is 31.7 Å². The molecule has 0 radical (unpaired) electrons. The zero-order chi connectivity index (χ0) is 13.5. The van der Waals surface area contributed by atoms with Crippen LogP contribution in [-0.4, -0.2) is 37.2 Å². The molecule has 1 heterocycles. The van der Waals surface area contributed by atoms with Gasteiger partial charge in [0.15, 0.2) is 0 Å². The van der Waals surface area contributed by atoms with Gasteiger partial charge in [0.05, 0.1) is 6.61 Å². The summed E-state index contributed by atoms with van der Waals surface area (Å²) in [5, 5.41) is 0. The molecule has 0 aromatic heterocycles. The lowest BCUT2D eigenvalue weighted by Crippen LogP contribution is -2.44. The van der Waals surface area contributed by atoms with Crippen LogP contribution in [0.25, 0.3) is 0 Å². The average molecular weight is 266 g/mol. The topological polar surface area (TPSA) is 38.5 Å². The van der Waals surface area contributed by atoms with Gasteiger partial charge in [0, 0.05) is 18.7 Å². The number of benzene rings is 1. The molecule has 1 aliphatic rings. The number of nitrogens with two attached hydrogens (primary N) is 1. The van der Waals surface area contributed by atoms with Crippen LogP contribution in [0.4, 0.5) is 4.39 Å². The molecule has 1 unspecified atom stereocenters. The highest BCUT2D eigenvalue weighted by Crippen LogP contribution is 2.16. The Balaban J connectivity index is 1.76. The SMILES string of the molecule is NCC(CCOc1cccc(F)c1)N1CCCCC1. The first-order valence-corrected chi connectivity index (χ1v) is 7.12. The highest BCUT2D eigenvalue weighted by atomic mass is 19.1. The summed E-state index contributed by atoms with van der Waals surface area (Å²) in [6.07, 6.45) is 4.75. The van der Waals surface area contributed by atoms with E-state index in [0.29, 0.717) is 24.9 Å². The molecule has 4 heteroatoms. The van der Waals surface area contributed by atoms with Gasteiger partial charge in [-0.05, 0) is 44.5 Å². The predicted octanol–water partition coefficient (Wildman–Crippen LogP) is 2.41. The molecule has 0 saturated carbocycles. The van der Waals surface area contributed by atoms with Crippen LogP contribution < -0.4 is 10.5 Å². The van der Waals surface area contributed by atoms with Crippen molar-refractivity contribution in [2.24, 2.45) is 5.73 Å². The van der Waals surface area contributed by atoms with E-state index in [1.165, 1.54) is 31.4 Å². The molecule has 0 bridgehead atoms. The maximum absolute atomic E-state index is 13.0. The maximum atomic E-state index is 13.0. The Morgan fingerprint density at radius 2 is 2.05 bits per heavy atom. The van der Waals surface area contributed by atoms with Crippen molar-refractivity contribution in [1.82, 2.24) is 4.90 Å². The summed E-state index contributed by atoms with van der Waals surface area (Å²) in [7, 11) is 0. The fourth-order valence-electron chi connectivity index (χ4n) is 2.60. The Hall–Kier alpha value is -1.13. The molecule has 1 aromatic rings. The third-order valence-electron chi connectivity index (χ3n) is 3.70. The summed E-state index contributed by atoms with van der Waals surface area (Å²) >= 11 is 0. The number of hydrogen-bond acceptors (Lipinski definition) is 3. The average Bonchev–Trinajstić information content (AvgIpc) is 2.45. The van der Waals surface area contributed by atoms with Gasteiger partial charge in [0.1, 0.15) is 11.6 Å². The van der Waals surface area contributed by atoms with Gasteiger partial charge in [0.2, 0.25) is 0 Å². The monoisotopic (exact) mass is 266 g/mol. The lowest BCUT2D eigenvalue weighted by molar-refractivity contribution is 0.142. The zero-order valence-corrected chi connectivity index (χ0v) is 11.4. The number of likely N-dealkylation sites (tertiary alicyclic amines) is 1. The van der Waals surface area contributed by atoms with Crippen LogP contribution in [0.2, 0.25) is 0 Å². The molecule has 3 nitrogen and oxygen atoms in total. The van der Waals surface area contributed by atoms with E-state index in [4.69, 9.17) is 10.5 Å². The van der Waals surface area contributed by atoms with E-state index in [2.05, 4.69) is 4.90 Å². The summed E-state index contributed by atoms with van der Waals surface area (Å²) in [4.78, 5) is 2.46. The molecule has 0 amide bonds. The van der Waals surface area contributed by atoms with Crippen LogP contribution in [-0.2, 0) is 0 Å². The van der Waals surface area contributed by atoms with Crippen LogP contribution in [0.3, 0.4) is 0 Å². The van der Waals surface area contributed by atoms with Crippen molar-refractivity contribution in [3.8, 4) is 5.75 Å². The number of nitrogens with zero attached hydrogens (tertiary/aromatic N) is 1. The first-order valence-electron chi connectivity index (χ1n) is 7.12. The number of hydrogen-bond donors (Lipinski definition) is 1. The Morgan fingerprint density at radius 1 is 1.26 bits per heavy atom. The first-order chi connectivity index (χ1) is 9.29. The summed E-state index contributed by atoms with van der Waals surface area (Å²) in [6.45, 7) is 3.53. The molecule has 2 rings (SSSR count). The van der Waals surface area contributed by atoms with E-state index in [-0.39, 0.29) is 5.82 Å². The molecule has 19 heavy (non-hydrogen) atoms. The minimum absolute atomic E-state index is 0.260. The van der Waals surface area contributed by atoms with Crippen molar-refractivity contribution in [1.29, 1.82) is 0 Å². The normalized spacial score (nSPS) is 18.2. The fraction of sp³-hybridized carbons (Fsp3) is 0.600. The minimum atomic E-state index is -0.260. The van der Waals surface area contributed by atoms with Crippen LogP contribution in [0.15, 0.2) is 24.3 Å². The number of piperidine rings is 1. The fourth-order valence-corrected chi connectivity index (χ4v) is 2.60. The second-order valence-corrected chi connectivity index (χ2v) is 5.08. The van der Waals surface area contributed by atoms with Gasteiger partial charge in [-0.3, -0.25) is 4.90 Å². The number of ether oxygens (including phenoxy) is 1. The molecular formula is C15H23FN2O. The van der Waals surface area contributed by atoms with Crippen molar-refractivity contribution >= 4 is 0 Å². The van der Waals surface area contributed by atoms with Crippen molar-refractivity contribution < 1.29 is 9.13 Å². The molecule has 1 aliphatic heterocycles. The van der Waals surface area contributed by atoms with Crippen LogP contribution in [0, 0.1) is 5.82 Å². The van der Waals surface area contributed by atoms with E-state index >= 15 is 0 Å². The first kappa shape index (κ1) is 14.3. The Labute approximate surface area is 114 Å². The number of halogens is 1. The van der Waals surface area contributed by atoms with Gasteiger partial charge in [-0.25, -0.2) is 4.39 Å². The van der Waals surface area contributed by atoms with Gasteiger partial charge in [-0.2, -0.15) is 0 Å². The molecule has 2 N–H and O–H groups in total. The van der Waals surface area contributed by atoms with E-state index in [1.54, 1.807) is 12.1 Å². The summed E-state index contributed by atoms with van der Waals surface area (Å²) in [5.41, 5.74) is 5.85. The molecule has 1 fully saturated rings. The summed E-state index contributed by atoms with van der Waals surface area (Å²) in [5.74, 6) is 0.332. The second-order valence-electron chi connectivity index (χ2n) is 5.08. The molecular weight excluding hydrogens is 243 g/mol. The summed E-state index contributed by atoms with van der Waals surface area (Å²) < 4.78 is 18.6. The van der Waals surface area contributed by atoms with Crippen molar-refractivity contribution in [2.75, 3.05) is 26.2 Å². The van der Waals surface area contributed by atoms with E-state index in [9.17, 15) is 4.39 Å². The molecule has 1 saturated heterocycles. The van der Waals surface area contributed by atoms with Crippen LogP contribution in [0.1, 0.15) is 25.7 Å². The molecule has 1 atom stereocenters. The molecule has 1 aromatic carbocycles. The predicted molar refractivity (Wildman–Crippen MR) is 74.8 cm³/mol. The maximum Gasteiger partial charge on any atom is 0.126 e. The lowest BCUT2D eigenvalue weighted by atomic mass is 10.1. The zero-order valence-electron chi connectivity index (χ0n) is 11.4. The van der Waals surface area contributed by atoms with Crippen LogP contribution in [0.5, 0.6) is 5.75 Å². The second kappa shape index (κ2) is 7.46. The molecule has 0 spiro atoms. The largest absolute Gasteiger partial charge is 0.493 e. The Bertz CT molecular complexity index is 380. The van der Waals surface area contributed by atoms with Gasteiger partial charge < -0.3 is 10.5 Å². The summed E-state index contributed by atoms with van der Waals surface area (Å²) in [6, 6.07) is 6.66. The third kappa shape index (κ3) is 4.48. The van der Waals surface area contributed by atoms with E-state index in [1.807, 2.05) is 0 Å². The van der Waals surface area contributed by atoms with Gasteiger partial charge in [0.25, 0.3) is 0 Å². The van der Waals surface area contributed by atoms with E-state index in [0.717, 1.165) is 19.5 Å². The van der Waals surface area contributed by atoms with Crippen molar-refractivity contribution in [3.05, 3.63) is 30.1 Å². The number of rotatable bonds is 6. The van der Waals surface area contributed by atoms with Gasteiger partial charge in [-0.15, -0.1) is 0 Å². The van der Waals surface area contributed by atoms with Gasteiger partial charge in [-0.1, -0.05) is 12.5 Å². The van der Waals surface area contributed by atoms with E-state index < -0.39 is 0 Å². The molecule has 0 aliphatic carbocycles. The highest BCUT2D eigenvalue weighted by molar-refractivity contribution is 5.22. The standard InChI is InChI=1S/C15H23FN2O/c16-13-5-4-6-15(11-13)19-10-7-14(12-17)18-8-2-1-3-9-18/h4-6,11,14H,1-3,7-10,12,17H2. The lowest BCUT2D eigenvalue weighted by Gasteiger charge is -2.33. The van der Waals surface area contributed by atoms with Crippen molar-refractivity contribution in [3.63, 3.8) is 0 Å². The quantitative estimate of drug-likeness (QED) is 0.859. The Kier molecular flexibility index (Phi) is 5.61. The molecule has 106 valence electrons. The Morgan fingerprint density at radius 3 is 2.74 bits per heavy atom.